The van der Waals surface area contributed by atoms with E-state index in [-0.39, 0.29) is 18.1 Å². The van der Waals surface area contributed by atoms with Gasteiger partial charge >= 0.3 is 0 Å². The van der Waals surface area contributed by atoms with Crippen molar-refractivity contribution in [3.05, 3.63) is 56.0 Å². The Hall–Kier alpha value is -1.66. The molecule has 1 unspecified atom stereocenters. The van der Waals surface area contributed by atoms with E-state index in [0.29, 0.717) is 6.42 Å². The number of hydrogen-bond acceptors (Lipinski definition) is 3. The number of nitrogens with zero attached hydrogens (tertiary/aromatic N) is 1. The molecule has 0 saturated heterocycles. The molecule has 0 spiro atoms. The van der Waals surface area contributed by atoms with Gasteiger partial charge in [-0.3, -0.25) is 15.0 Å². The van der Waals surface area contributed by atoms with Crippen LogP contribution in [0.25, 0.3) is 0 Å². The van der Waals surface area contributed by atoms with Crippen LogP contribution < -0.4 is 10.4 Å². The minimum atomic E-state index is -0.466. The third-order valence-electron chi connectivity index (χ3n) is 4.71. The quantitative estimate of drug-likeness (QED) is 0.602. The fourth-order valence-corrected chi connectivity index (χ4v) is 4.18. The van der Waals surface area contributed by atoms with E-state index in [4.69, 9.17) is 0 Å². The van der Waals surface area contributed by atoms with E-state index in [1.54, 1.807) is 5.01 Å². The van der Waals surface area contributed by atoms with Crippen LogP contribution in [0.1, 0.15) is 42.4 Å². The number of carbonyl (C=O) groups excluding carboxylic acids is 2. The molecule has 2 aromatic carbocycles. The maximum absolute atomic E-state index is 13.2. The third kappa shape index (κ3) is 3.45. The van der Waals surface area contributed by atoms with Crippen molar-refractivity contribution in [1.29, 1.82) is 0 Å². The summed E-state index contributed by atoms with van der Waals surface area (Å²) in [6.07, 6.45) is 0.654. The number of amides is 1. The molecule has 1 heterocycles. The monoisotopic (exact) mass is 478 g/mol. The molecule has 1 N–H and O–H groups in total. The van der Waals surface area contributed by atoms with Crippen molar-refractivity contribution in [1.82, 2.24) is 0 Å². The first kappa shape index (κ1) is 19.1. The molecule has 0 aromatic heterocycles. The Balaban J connectivity index is 2.07. The fraction of sp³-hybridized carbons (Fsp3) is 0.300. The Morgan fingerprint density at radius 2 is 1.85 bits per heavy atom. The van der Waals surface area contributed by atoms with Crippen molar-refractivity contribution >= 4 is 54.9 Å². The van der Waals surface area contributed by atoms with Crippen molar-refractivity contribution in [2.24, 2.45) is 0 Å². The summed E-state index contributed by atoms with van der Waals surface area (Å²) in [4.78, 5) is 25.3. The molecule has 3 rings (SSSR count). The van der Waals surface area contributed by atoms with E-state index >= 15 is 0 Å². The highest BCUT2D eigenvalue weighted by atomic mass is 79.9. The lowest BCUT2D eigenvalue weighted by molar-refractivity contribution is -0.124. The molecule has 0 aliphatic carbocycles. The van der Waals surface area contributed by atoms with Gasteiger partial charge in [0.1, 0.15) is 5.78 Å². The maximum Gasteiger partial charge on any atom is 0.253 e. The van der Waals surface area contributed by atoms with Crippen LogP contribution in [0.4, 0.5) is 11.4 Å². The molecule has 1 aliphatic heterocycles. The normalized spacial score (nSPS) is 16.0. The van der Waals surface area contributed by atoms with E-state index in [1.807, 2.05) is 51.1 Å². The number of anilines is 2. The number of fused-ring (bicyclic) bond motifs is 1. The van der Waals surface area contributed by atoms with E-state index in [1.165, 1.54) is 0 Å². The first-order valence-electron chi connectivity index (χ1n) is 8.51. The molecular formula is C20H20Br2N2O2. The second-order valence-electron chi connectivity index (χ2n) is 6.52. The first-order chi connectivity index (χ1) is 12.3. The Kier molecular flexibility index (Phi) is 5.53. The van der Waals surface area contributed by atoms with Gasteiger partial charge in [0.25, 0.3) is 5.91 Å². The summed E-state index contributed by atoms with van der Waals surface area (Å²) in [7, 11) is 0. The van der Waals surface area contributed by atoms with Crippen LogP contribution in [0, 0.1) is 13.8 Å². The molecule has 26 heavy (non-hydrogen) atoms. The molecule has 1 atom stereocenters. The molecule has 6 heteroatoms. The van der Waals surface area contributed by atoms with Gasteiger partial charge in [-0.1, -0.05) is 50.9 Å². The highest BCUT2D eigenvalue weighted by Gasteiger charge is 2.41. The number of carbonyl (C=O) groups is 2. The number of hydrogen-bond donors (Lipinski definition) is 1. The number of benzene rings is 2. The number of aryl methyl sites for hydroxylation is 2. The van der Waals surface area contributed by atoms with Gasteiger partial charge in [-0.2, -0.15) is 0 Å². The first-order valence-corrected chi connectivity index (χ1v) is 10.1. The van der Waals surface area contributed by atoms with Crippen molar-refractivity contribution in [3.63, 3.8) is 0 Å². The van der Waals surface area contributed by atoms with Crippen LogP contribution in [0.3, 0.4) is 0 Å². The Labute approximate surface area is 170 Å². The topological polar surface area (TPSA) is 49.4 Å². The Morgan fingerprint density at radius 3 is 2.54 bits per heavy atom. The van der Waals surface area contributed by atoms with Crippen molar-refractivity contribution < 1.29 is 9.59 Å². The summed E-state index contributed by atoms with van der Waals surface area (Å²) < 4.78 is 1.79. The van der Waals surface area contributed by atoms with Gasteiger partial charge in [0, 0.05) is 27.4 Å². The summed E-state index contributed by atoms with van der Waals surface area (Å²) >= 11 is 7.05. The molecule has 2 aromatic rings. The number of hydrazine groups is 1. The number of Topliss-reactive ketones (excluding diaryl/α,β-unsaturated/α-hetero) is 1. The maximum atomic E-state index is 13.2. The summed E-state index contributed by atoms with van der Waals surface area (Å²) in [5.41, 5.74) is 7.85. The lowest BCUT2D eigenvalue weighted by atomic mass is 9.93. The van der Waals surface area contributed by atoms with Gasteiger partial charge in [0.05, 0.1) is 17.3 Å². The fourth-order valence-electron chi connectivity index (χ4n) is 3.22. The summed E-state index contributed by atoms with van der Waals surface area (Å²) in [6, 6.07) is 9.81. The second kappa shape index (κ2) is 7.53. The van der Waals surface area contributed by atoms with Gasteiger partial charge < -0.3 is 0 Å². The van der Waals surface area contributed by atoms with Crippen molar-refractivity contribution in [3.8, 4) is 0 Å². The Morgan fingerprint density at radius 1 is 1.15 bits per heavy atom. The van der Waals surface area contributed by atoms with Crippen LogP contribution in [0.5, 0.6) is 0 Å². The average Bonchev–Trinajstić information content (AvgIpc) is 2.88. The molecule has 1 aliphatic rings. The minimum Gasteiger partial charge on any atom is -0.300 e. The molecule has 0 fully saturated rings. The average molecular weight is 480 g/mol. The van der Waals surface area contributed by atoms with E-state index in [2.05, 4.69) is 37.3 Å². The zero-order valence-electron chi connectivity index (χ0n) is 14.9. The smallest absolute Gasteiger partial charge is 0.253 e. The van der Waals surface area contributed by atoms with Gasteiger partial charge in [-0.15, -0.1) is 0 Å². The number of rotatable bonds is 5. The molecule has 0 bridgehead atoms. The number of nitrogens with one attached hydrogen (secondary N) is 1. The SMILES string of the molecule is CCC(=O)CC1C(=O)N(Nc2cc(Br)ccc2C)c2c(C)ccc(Br)c21. The van der Waals surface area contributed by atoms with Gasteiger partial charge in [0.2, 0.25) is 0 Å². The molecule has 136 valence electrons. The van der Waals surface area contributed by atoms with E-state index < -0.39 is 5.92 Å². The zero-order chi connectivity index (χ0) is 19.0. The second-order valence-corrected chi connectivity index (χ2v) is 8.29. The summed E-state index contributed by atoms with van der Waals surface area (Å²) in [5, 5.41) is 1.60. The zero-order valence-corrected chi connectivity index (χ0v) is 18.1. The lowest BCUT2D eigenvalue weighted by Gasteiger charge is -2.23. The summed E-state index contributed by atoms with van der Waals surface area (Å²) in [5.74, 6) is -0.481. The predicted molar refractivity (Wildman–Crippen MR) is 112 cm³/mol. The highest BCUT2D eigenvalue weighted by Crippen LogP contribution is 2.45. The van der Waals surface area contributed by atoms with E-state index in [0.717, 1.165) is 37.0 Å². The highest BCUT2D eigenvalue weighted by molar-refractivity contribution is 9.10. The molecule has 0 saturated carbocycles. The van der Waals surface area contributed by atoms with Crippen LogP contribution in [0.2, 0.25) is 0 Å². The molecule has 0 radical (unpaired) electrons. The largest absolute Gasteiger partial charge is 0.300 e. The lowest BCUT2D eigenvalue weighted by Crippen LogP contribution is -2.35. The standard InChI is InChI=1S/C20H20Br2N2O2/c1-4-14(25)10-15-18-16(22)8-6-12(3)19(18)24(20(15)26)23-17-9-13(21)7-5-11(17)2/h5-9,15,23H,4,10H2,1-3H3. The molecule has 4 nitrogen and oxygen atoms in total. The van der Waals surface area contributed by atoms with Crippen LogP contribution >= 0.6 is 31.9 Å². The predicted octanol–water partition coefficient (Wildman–Crippen LogP) is 5.65. The number of halogens is 2. The van der Waals surface area contributed by atoms with Gasteiger partial charge in [0.15, 0.2) is 0 Å². The molecular weight excluding hydrogens is 460 g/mol. The van der Waals surface area contributed by atoms with Gasteiger partial charge in [-0.25, -0.2) is 5.01 Å². The Bertz CT molecular complexity index is 896. The van der Waals surface area contributed by atoms with E-state index in [9.17, 15) is 9.59 Å². The van der Waals surface area contributed by atoms with Crippen molar-refractivity contribution in [2.75, 3.05) is 10.4 Å². The molecule has 1 amide bonds. The van der Waals surface area contributed by atoms with Crippen LogP contribution in [0.15, 0.2) is 39.3 Å². The van der Waals surface area contributed by atoms with Gasteiger partial charge in [-0.05, 0) is 43.2 Å². The third-order valence-corrected chi connectivity index (χ3v) is 5.90. The van der Waals surface area contributed by atoms with Crippen LogP contribution in [-0.2, 0) is 9.59 Å². The minimum absolute atomic E-state index is 0.0863. The summed E-state index contributed by atoms with van der Waals surface area (Å²) in [6.45, 7) is 5.79. The van der Waals surface area contributed by atoms with Crippen LogP contribution in [-0.4, -0.2) is 11.7 Å². The van der Waals surface area contributed by atoms with Crippen molar-refractivity contribution in [2.45, 2.75) is 39.5 Å². The number of ketones is 1.